The molecule has 2 aromatic rings. The summed E-state index contributed by atoms with van der Waals surface area (Å²) < 4.78 is 13.0. The second-order valence-corrected chi connectivity index (χ2v) is 7.25. The molecule has 0 fully saturated rings. The van der Waals surface area contributed by atoms with Gasteiger partial charge in [0, 0.05) is 37.0 Å². The number of benzene rings is 2. The molecule has 0 heterocycles. The molecule has 0 aromatic heterocycles. The molecule has 2 aromatic carbocycles. The second kappa shape index (κ2) is 11.6. The number of carboxylic acid groups (broad SMARTS) is 1. The maximum absolute atomic E-state index is 13.0. The van der Waals surface area contributed by atoms with Gasteiger partial charge in [-0.25, -0.2) is 9.18 Å². The van der Waals surface area contributed by atoms with Crippen LogP contribution < -0.4 is 10.2 Å². The van der Waals surface area contributed by atoms with E-state index in [-0.39, 0.29) is 12.8 Å². The molecule has 0 saturated carbocycles. The van der Waals surface area contributed by atoms with Crippen molar-refractivity contribution in [2.24, 2.45) is 0 Å². The summed E-state index contributed by atoms with van der Waals surface area (Å²) in [5.41, 5.74) is 2.34. The van der Waals surface area contributed by atoms with E-state index in [1.54, 1.807) is 0 Å². The Morgan fingerprint density at radius 3 is 2.03 bits per heavy atom. The van der Waals surface area contributed by atoms with Crippen molar-refractivity contribution in [3.8, 4) is 0 Å². The van der Waals surface area contributed by atoms with Crippen molar-refractivity contribution in [3.05, 3.63) is 65.5 Å². The Morgan fingerprint density at radius 2 is 1.52 bits per heavy atom. The van der Waals surface area contributed by atoms with E-state index in [0.717, 1.165) is 11.3 Å². The lowest BCUT2D eigenvalue weighted by atomic mass is 10.1. The van der Waals surface area contributed by atoms with Crippen LogP contribution in [0.5, 0.6) is 0 Å². The Hall–Kier alpha value is -2.31. The number of carbonyl (C=O) groups is 2. The molecule has 0 radical (unpaired) electrons. The summed E-state index contributed by atoms with van der Waals surface area (Å²) in [4.78, 5) is 25.8. The number of hydrogen-bond acceptors (Lipinski definition) is 3. The maximum atomic E-state index is 13.0. The number of nitrogens with one attached hydrogen (secondary N) is 1. The van der Waals surface area contributed by atoms with Gasteiger partial charge >= 0.3 is 5.97 Å². The van der Waals surface area contributed by atoms with Crippen molar-refractivity contribution >= 4 is 40.8 Å². The van der Waals surface area contributed by atoms with E-state index in [9.17, 15) is 19.1 Å². The molecule has 5 nitrogen and oxygen atoms in total. The summed E-state index contributed by atoms with van der Waals surface area (Å²) in [7, 11) is 0. The number of aliphatic carboxylic acids is 1. The Balaban J connectivity index is 1.97. The minimum absolute atomic E-state index is 0.0541. The van der Waals surface area contributed by atoms with Crippen LogP contribution in [-0.4, -0.2) is 47.9 Å². The molecule has 1 atom stereocenters. The van der Waals surface area contributed by atoms with Gasteiger partial charge in [0.15, 0.2) is 0 Å². The largest absolute Gasteiger partial charge is 0.480 e. The zero-order valence-electron chi connectivity index (χ0n) is 15.8. The van der Waals surface area contributed by atoms with Crippen molar-refractivity contribution in [2.75, 3.05) is 29.7 Å². The number of hydrogen-bond donors (Lipinski definition) is 2. The van der Waals surface area contributed by atoms with Crippen LogP contribution in [0.2, 0.25) is 0 Å². The van der Waals surface area contributed by atoms with Crippen molar-refractivity contribution in [1.29, 1.82) is 0 Å². The number of alkyl halides is 2. The molecule has 0 bridgehead atoms. The van der Waals surface area contributed by atoms with Gasteiger partial charge in [0.25, 0.3) is 0 Å². The van der Waals surface area contributed by atoms with Crippen LogP contribution >= 0.6 is 23.2 Å². The van der Waals surface area contributed by atoms with Crippen LogP contribution in [0.4, 0.5) is 10.1 Å². The van der Waals surface area contributed by atoms with Gasteiger partial charge in [-0.15, -0.1) is 23.2 Å². The molecular weight excluding hydrogens is 418 g/mol. The van der Waals surface area contributed by atoms with E-state index < -0.39 is 23.7 Å². The molecule has 0 spiro atoms. The maximum Gasteiger partial charge on any atom is 0.326 e. The SMILES string of the molecule is O=C(Cc1ccc(N(CCCl)CCCl)cc1)NC(Cc1ccc(F)cc1)C(=O)O. The van der Waals surface area contributed by atoms with Gasteiger partial charge in [-0.2, -0.15) is 0 Å². The Morgan fingerprint density at radius 1 is 0.966 bits per heavy atom. The topological polar surface area (TPSA) is 69.6 Å². The van der Waals surface area contributed by atoms with Crippen LogP contribution in [0, 0.1) is 5.82 Å². The van der Waals surface area contributed by atoms with Gasteiger partial charge in [0.1, 0.15) is 11.9 Å². The van der Waals surface area contributed by atoms with E-state index in [1.165, 1.54) is 24.3 Å². The Labute approximate surface area is 179 Å². The second-order valence-electron chi connectivity index (χ2n) is 6.50. The minimum atomic E-state index is -1.14. The lowest BCUT2D eigenvalue weighted by Gasteiger charge is -2.23. The molecule has 0 aliphatic carbocycles. The zero-order valence-corrected chi connectivity index (χ0v) is 17.3. The van der Waals surface area contributed by atoms with Gasteiger partial charge in [0.05, 0.1) is 6.42 Å². The quantitative estimate of drug-likeness (QED) is 0.524. The van der Waals surface area contributed by atoms with Crippen LogP contribution in [-0.2, 0) is 22.4 Å². The number of carbonyl (C=O) groups excluding carboxylic acids is 1. The average molecular weight is 441 g/mol. The van der Waals surface area contributed by atoms with Crippen molar-refractivity contribution in [1.82, 2.24) is 5.32 Å². The highest BCUT2D eigenvalue weighted by atomic mass is 35.5. The smallest absolute Gasteiger partial charge is 0.326 e. The summed E-state index contributed by atoms with van der Waals surface area (Å²) in [5.74, 6) is -0.984. The van der Waals surface area contributed by atoms with Gasteiger partial charge < -0.3 is 15.3 Å². The molecule has 0 aliphatic heterocycles. The molecule has 1 amide bonds. The van der Waals surface area contributed by atoms with E-state index in [1.807, 2.05) is 29.2 Å². The molecule has 0 aliphatic rings. The summed E-state index contributed by atoms with van der Waals surface area (Å²) in [6.45, 7) is 1.33. The number of nitrogens with zero attached hydrogens (tertiary/aromatic N) is 1. The third kappa shape index (κ3) is 7.55. The molecule has 2 rings (SSSR count). The van der Waals surface area contributed by atoms with Gasteiger partial charge in [-0.1, -0.05) is 24.3 Å². The first-order valence-corrected chi connectivity index (χ1v) is 10.2. The number of amides is 1. The van der Waals surface area contributed by atoms with Gasteiger partial charge in [0.2, 0.25) is 5.91 Å². The van der Waals surface area contributed by atoms with Gasteiger partial charge in [-0.05, 0) is 35.4 Å². The summed E-state index contributed by atoms with van der Waals surface area (Å²) in [6.07, 6.45) is 0.130. The van der Waals surface area contributed by atoms with Gasteiger partial charge in [-0.3, -0.25) is 4.79 Å². The standard InChI is InChI=1S/C21H23Cl2FN2O3/c22-9-11-26(12-10-23)18-7-3-16(4-8-18)14-20(27)25-19(21(28)29)13-15-1-5-17(24)6-2-15/h1-8,19H,9-14H2,(H,25,27)(H,28,29). The monoisotopic (exact) mass is 440 g/mol. The van der Waals surface area contributed by atoms with Crippen molar-refractivity contribution in [3.63, 3.8) is 0 Å². The Kier molecular flexibility index (Phi) is 9.22. The number of carboxylic acids is 1. The first-order chi connectivity index (χ1) is 13.9. The lowest BCUT2D eigenvalue weighted by Crippen LogP contribution is -2.43. The molecule has 0 saturated heterocycles. The predicted octanol–water partition coefficient (Wildman–Crippen LogP) is 3.46. The fourth-order valence-corrected chi connectivity index (χ4v) is 3.29. The molecule has 1 unspecified atom stereocenters. The van der Waals surface area contributed by atoms with E-state index in [0.29, 0.717) is 30.4 Å². The van der Waals surface area contributed by atoms with Crippen LogP contribution in [0.3, 0.4) is 0 Å². The van der Waals surface area contributed by atoms with E-state index in [2.05, 4.69) is 5.32 Å². The first kappa shape index (κ1) is 23.0. The minimum Gasteiger partial charge on any atom is -0.480 e. The van der Waals surface area contributed by atoms with Crippen LogP contribution in [0.15, 0.2) is 48.5 Å². The highest BCUT2D eigenvalue weighted by molar-refractivity contribution is 6.18. The third-order valence-corrected chi connectivity index (χ3v) is 4.70. The summed E-state index contributed by atoms with van der Waals surface area (Å²) in [6, 6.07) is 11.8. The number of anilines is 1. The lowest BCUT2D eigenvalue weighted by molar-refractivity contribution is -0.141. The number of halogens is 3. The molecule has 156 valence electrons. The Bertz CT molecular complexity index is 795. The van der Waals surface area contributed by atoms with Crippen LogP contribution in [0.25, 0.3) is 0 Å². The highest BCUT2D eigenvalue weighted by Gasteiger charge is 2.20. The predicted molar refractivity (Wildman–Crippen MR) is 113 cm³/mol. The summed E-state index contributed by atoms with van der Waals surface area (Å²) in [5, 5.41) is 11.9. The fraction of sp³-hybridized carbons (Fsp3) is 0.333. The highest BCUT2D eigenvalue weighted by Crippen LogP contribution is 2.16. The third-order valence-electron chi connectivity index (χ3n) is 4.36. The summed E-state index contributed by atoms with van der Waals surface area (Å²) >= 11 is 11.6. The molecular formula is C21H23Cl2FN2O3. The average Bonchev–Trinajstić information content (AvgIpc) is 2.69. The van der Waals surface area contributed by atoms with E-state index >= 15 is 0 Å². The number of rotatable bonds is 11. The van der Waals surface area contributed by atoms with Crippen molar-refractivity contribution < 1.29 is 19.1 Å². The van der Waals surface area contributed by atoms with E-state index in [4.69, 9.17) is 23.2 Å². The first-order valence-electron chi connectivity index (χ1n) is 9.15. The molecule has 2 N–H and O–H groups in total. The zero-order chi connectivity index (χ0) is 21.2. The normalized spacial score (nSPS) is 11.7. The van der Waals surface area contributed by atoms with Crippen molar-refractivity contribution in [2.45, 2.75) is 18.9 Å². The van der Waals surface area contributed by atoms with Crippen LogP contribution in [0.1, 0.15) is 11.1 Å². The molecule has 29 heavy (non-hydrogen) atoms. The fourth-order valence-electron chi connectivity index (χ4n) is 2.89. The molecule has 8 heteroatoms.